The maximum atomic E-state index is 12.5. The number of aliphatic carboxylic acids is 1. The SMILES string of the molecule is CCO[Si](C)(C)CCCNC(=O)C1C2C=CC(CC2)C1C(=O)O. The average Bonchev–Trinajstić information content (AvgIpc) is 2.51. The molecule has 3 rings (SSSR count). The van der Waals surface area contributed by atoms with Crippen LogP contribution in [-0.2, 0) is 14.0 Å². The molecular weight excluding hydrogens is 310 g/mol. The first-order valence-electron chi connectivity index (χ1n) is 8.68. The number of carbonyl (C=O) groups is 2. The Balaban J connectivity index is 1.85. The van der Waals surface area contributed by atoms with Crippen LogP contribution in [0.3, 0.4) is 0 Å². The summed E-state index contributed by atoms with van der Waals surface area (Å²) in [6.45, 7) is 7.72. The smallest absolute Gasteiger partial charge is 0.307 e. The van der Waals surface area contributed by atoms with E-state index in [1.54, 1.807) is 0 Å². The first-order valence-corrected chi connectivity index (χ1v) is 11.8. The molecule has 6 heteroatoms. The number of hydrogen-bond donors (Lipinski definition) is 2. The van der Waals surface area contributed by atoms with E-state index in [0.29, 0.717) is 6.54 Å². The fourth-order valence-corrected chi connectivity index (χ4v) is 5.95. The van der Waals surface area contributed by atoms with Crippen LogP contribution in [0.1, 0.15) is 26.2 Å². The molecule has 1 saturated carbocycles. The summed E-state index contributed by atoms with van der Waals surface area (Å²) in [7, 11) is -1.62. The lowest BCUT2D eigenvalue weighted by atomic mass is 9.62. The zero-order chi connectivity index (χ0) is 17.0. The van der Waals surface area contributed by atoms with E-state index in [2.05, 4.69) is 18.4 Å². The number of amides is 1. The molecule has 0 heterocycles. The van der Waals surface area contributed by atoms with Gasteiger partial charge in [0.2, 0.25) is 5.91 Å². The van der Waals surface area contributed by atoms with Gasteiger partial charge < -0.3 is 14.8 Å². The number of carboxylic acids is 1. The summed E-state index contributed by atoms with van der Waals surface area (Å²) in [6, 6.07) is 1.00. The van der Waals surface area contributed by atoms with Crippen molar-refractivity contribution < 1.29 is 19.1 Å². The monoisotopic (exact) mass is 339 g/mol. The molecule has 5 nitrogen and oxygen atoms in total. The summed E-state index contributed by atoms with van der Waals surface area (Å²) in [4.78, 5) is 24.1. The van der Waals surface area contributed by atoms with Gasteiger partial charge in [-0.15, -0.1) is 0 Å². The summed E-state index contributed by atoms with van der Waals surface area (Å²) in [5.74, 6) is -1.81. The number of carboxylic acid groups (broad SMARTS) is 1. The van der Waals surface area contributed by atoms with Gasteiger partial charge in [0.15, 0.2) is 8.32 Å². The van der Waals surface area contributed by atoms with Gasteiger partial charge in [-0.1, -0.05) is 12.2 Å². The lowest BCUT2D eigenvalue weighted by molar-refractivity contribution is -0.152. The Morgan fingerprint density at radius 1 is 1.22 bits per heavy atom. The molecule has 0 aromatic heterocycles. The van der Waals surface area contributed by atoms with E-state index in [-0.39, 0.29) is 17.7 Å². The van der Waals surface area contributed by atoms with Crippen LogP contribution in [0.5, 0.6) is 0 Å². The van der Waals surface area contributed by atoms with Crippen molar-refractivity contribution in [2.24, 2.45) is 23.7 Å². The molecule has 4 unspecified atom stereocenters. The van der Waals surface area contributed by atoms with Gasteiger partial charge in [-0.05, 0) is 57.2 Å². The Kier molecular flexibility index (Phi) is 6.03. The van der Waals surface area contributed by atoms with E-state index < -0.39 is 26.1 Å². The molecule has 0 spiro atoms. The lowest BCUT2D eigenvalue weighted by Crippen LogP contribution is -2.49. The minimum absolute atomic E-state index is 0.0116. The van der Waals surface area contributed by atoms with Crippen LogP contribution in [0.25, 0.3) is 0 Å². The molecule has 4 atom stereocenters. The topological polar surface area (TPSA) is 75.6 Å². The third-order valence-electron chi connectivity index (χ3n) is 5.13. The van der Waals surface area contributed by atoms with Crippen molar-refractivity contribution in [1.29, 1.82) is 0 Å². The molecule has 2 bridgehead atoms. The van der Waals surface area contributed by atoms with Crippen molar-refractivity contribution in [2.45, 2.75) is 45.3 Å². The summed E-state index contributed by atoms with van der Waals surface area (Å²) in [6.07, 6.45) is 6.73. The van der Waals surface area contributed by atoms with Crippen LogP contribution in [0.4, 0.5) is 0 Å². The van der Waals surface area contributed by atoms with E-state index in [4.69, 9.17) is 4.43 Å². The highest BCUT2D eigenvalue weighted by Gasteiger charge is 2.48. The van der Waals surface area contributed by atoms with Crippen molar-refractivity contribution in [3.8, 4) is 0 Å². The molecule has 1 amide bonds. The standard InChI is InChI=1S/C17H29NO4Si/c1-4-22-23(2,3)11-5-10-18-16(19)14-12-6-8-13(9-7-12)15(14)17(20)21/h6,8,12-15H,4-5,7,9-11H2,1-3H3,(H,18,19)(H,20,21). The van der Waals surface area contributed by atoms with Gasteiger partial charge in [0.25, 0.3) is 0 Å². The molecule has 0 aliphatic heterocycles. The fourth-order valence-electron chi connectivity index (χ4n) is 3.99. The lowest BCUT2D eigenvalue weighted by Gasteiger charge is -2.41. The average molecular weight is 340 g/mol. The quantitative estimate of drug-likeness (QED) is 0.405. The van der Waals surface area contributed by atoms with Crippen LogP contribution in [0, 0.1) is 23.7 Å². The van der Waals surface area contributed by atoms with Crippen LogP contribution in [-0.4, -0.2) is 38.5 Å². The van der Waals surface area contributed by atoms with Crippen molar-refractivity contribution in [3.05, 3.63) is 12.2 Å². The Labute approximate surface area is 139 Å². The van der Waals surface area contributed by atoms with Crippen LogP contribution in [0.2, 0.25) is 19.1 Å². The molecule has 1 fully saturated rings. The largest absolute Gasteiger partial charge is 0.481 e. The maximum absolute atomic E-state index is 12.5. The van der Waals surface area contributed by atoms with Crippen molar-refractivity contribution in [3.63, 3.8) is 0 Å². The number of fused-ring (bicyclic) bond motifs is 2. The van der Waals surface area contributed by atoms with Gasteiger partial charge >= 0.3 is 5.97 Å². The van der Waals surface area contributed by atoms with E-state index in [1.165, 1.54) is 0 Å². The van der Waals surface area contributed by atoms with E-state index in [9.17, 15) is 14.7 Å². The normalized spacial score (nSPS) is 29.5. The molecule has 130 valence electrons. The highest BCUT2D eigenvalue weighted by Crippen LogP contribution is 2.45. The Morgan fingerprint density at radius 2 is 1.83 bits per heavy atom. The molecule has 0 aromatic rings. The van der Waals surface area contributed by atoms with Crippen LogP contribution < -0.4 is 5.32 Å². The second kappa shape index (κ2) is 7.62. The maximum Gasteiger partial charge on any atom is 0.307 e. The third-order valence-corrected chi connectivity index (χ3v) is 7.75. The van der Waals surface area contributed by atoms with Crippen LogP contribution in [0.15, 0.2) is 12.2 Å². The molecule has 0 radical (unpaired) electrons. The number of allylic oxidation sites excluding steroid dienone is 2. The zero-order valence-electron chi connectivity index (χ0n) is 14.4. The third kappa shape index (κ3) is 4.44. The predicted octanol–water partition coefficient (Wildman–Crippen LogP) is 2.65. The van der Waals surface area contributed by atoms with Gasteiger partial charge in [-0.3, -0.25) is 9.59 Å². The Hall–Kier alpha value is -1.14. The first kappa shape index (κ1) is 18.2. The molecule has 3 aliphatic carbocycles. The van der Waals surface area contributed by atoms with Crippen molar-refractivity contribution in [1.82, 2.24) is 5.32 Å². The second-order valence-corrected chi connectivity index (χ2v) is 11.6. The van der Waals surface area contributed by atoms with E-state index >= 15 is 0 Å². The highest BCUT2D eigenvalue weighted by atomic mass is 28.4. The van der Waals surface area contributed by atoms with E-state index in [0.717, 1.165) is 31.9 Å². The minimum Gasteiger partial charge on any atom is -0.481 e. The second-order valence-electron chi connectivity index (χ2n) is 7.27. The van der Waals surface area contributed by atoms with E-state index in [1.807, 2.05) is 19.1 Å². The Morgan fingerprint density at radius 3 is 2.35 bits per heavy atom. The van der Waals surface area contributed by atoms with Crippen molar-refractivity contribution in [2.75, 3.05) is 13.2 Å². The summed E-state index contributed by atoms with van der Waals surface area (Å²) >= 11 is 0. The Bertz CT molecular complexity index is 477. The summed E-state index contributed by atoms with van der Waals surface area (Å²) < 4.78 is 5.78. The van der Waals surface area contributed by atoms with Crippen LogP contribution >= 0.6 is 0 Å². The molecule has 3 aliphatic rings. The summed E-state index contributed by atoms with van der Waals surface area (Å²) in [5, 5.41) is 12.5. The van der Waals surface area contributed by atoms with Gasteiger partial charge in [0, 0.05) is 13.2 Å². The van der Waals surface area contributed by atoms with Gasteiger partial charge in [-0.2, -0.15) is 0 Å². The zero-order valence-corrected chi connectivity index (χ0v) is 15.4. The first-order chi connectivity index (χ1) is 10.9. The number of rotatable bonds is 8. The van der Waals surface area contributed by atoms with Gasteiger partial charge in [0.05, 0.1) is 11.8 Å². The predicted molar refractivity (Wildman–Crippen MR) is 91.5 cm³/mol. The minimum atomic E-state index is -1.62. The molecular formula is C17H29NO4Si. The van der Waals surface area contributed by atoms with Gasteiger partial charge in [0.1, 0.15) is 0 Å². The molecule has 0 saturated heterocycles. The molecule has 0 aromatic carbocycles. The number of hydrogen-bond acceptors (Lipinski definition) is 3. The number of nitrogens with one attached hydrogen (secondary N) is 1. The molecule has 23 heavy (non-hydrogen) atoms. The highest BCUT2D eigenvalue weighted by molar-refractivity contribution is 6.71. The van der Waals surface area contributed by atoms with Crippen molar-refractivity contribution >= 4 is 20.2 Å². The fraction of sp³-hybridized carbons (Fsp3) is 0.765. The molecule has 2 N–H and O–H groups in total. The number of carbonyl (C=O) groups excluding carboxylic acids is 1. The summed E-state index contributed by atoms with van der Waals surface area (Å²) in [5.41, 5.74) is 0. The van der Waals surface area contributed by atoms with Gasteiger partial charge in [-0.25, -0.2) is 0 Å².